The van der Waals surface area contributed by atoms with Gasteiger partial charge in [0.15, 0.2) is 6.10 Å². The van der Waals surface area contributed by atoms with E-state index in [1.54, 1.807) is 12.1 Å². The molecule has 1 saturated heterocycles. The topological polar surface area (TPSA) is 93.1 Å². The zero-order valence-corrected chi connectivity index (χ0v) is 21.7. The van der Waals surface area contributed by atoms with Crippen LogP contribution in [0, 0.1) is 28.5 Å². The lowest BCUT2D eigenvalue weighted by Gasteiger charge is -2.59. The van der Waals surface area contributed by atoms with Crippen LogP contribution >= 0.6 is 11.8 Å². The summed E-state index contributed by atoms with van der Waals surface area (Å²) in [7, 11) is 0. The maximum absolute atomic E-state index is 13.1. The first-order valence-corrected chi connectivity index (χ1v) is 13.5. The van der Waals surface area contributed by atoms with Crippen molar-refractivity contribution in [3.05, 3.63) is 53.9 Å². The first kappa shape index (κ1) is 26.9. The summed E-state index contributed by atoms with van der Waals surface area (Å²) < 4.78 is 23.8. The van der Waals surface area contributed by atoms with E-state index in [1.165, 1.54) is 23.9 Å². The molecule has 2 N–H and O–H groups in total. The highest BCUT2D eigenvalue weighted by molar-refractivity contribution is 8.00. The van der Waals surface area contributed by atoms with Gasteiger partial charge < -0.3 is 19.7 Å². The molecule has 8 heteroatoms. The van der Waals surface area contributed by atoms with Crippen molar-refractivity contribution in [2.24, 2.45) is 22.7 Å². The predicted octanol–water partition coefficient (Wildman–Crippen LogP) is 4.44. The molecule has 0 unspecified atom stereocenters. The molecule has 0 amide bonds. The number of ether oxygens (including phenoxy) is 2. The summed E-state index contributed by atoms with van der Waals surface area (Å²) in [5.41, 5.74) is 0.696. The number of allylic oxidation sites excluding steroid dienone is 2. The van der Waals surface area contributed by atoms with Crippen LogP contribution in [0.5, 0.6) is 0 Å². The maximum atomic E-state index is 13.1. The van der Waals surface area contributed by atoms with Gasteiger partial charge in [-0.3, -0.25) is 4.79 Å². The van der Waals surface area contributed by atoms with Gasteiger partial charge in [0.05, 0.1) is 24.0 Å². The number of esters is 2. The molecule has 0 bridgehead atoms. The van der Waals surface area contributed by atoms with Gasteiger partial charge in [-0.15, -0.1) is 11.8 Å². The minimum absolute atomic E-state index is 0.0160. The van der Waals surface area contributed by atoms with E-state index >= 15 is 0 Å². The minimum atomic E-state index is -0.768. The van der Waals surface area contributed by atoms with Crippen LogP contribution in [0.4, 0.5) is 4.39 Å². The maximum Gasteiger partial charge on any atom is 0.337 e. The monoisotopic (exact) mass is 518 g/mol. The van der Waals surface area contributed by atoms with Crippen molar-refractivity contribution in [2.75, 3.05) is 19.0 Å². The normalized spacial score (nSPS) is 35.4. The van der Waals surface area contributed by atoms with Crippen molar-refractivity contribution in [1.82, 2.24) is 0 Å². The molecule has 0 spiro atoms. The molecule has 6 atom stereocenters. The zero-order chi connectivity index (χ0) is 26.1. The molecular weight excluding hydrogens is 483 g/mol. The van der Waals surface area contributed by atoms with Crippen LogP contribution in [-0.2, 0) is 19.1 Å². The molecule has 0 aromatic heterocycles. The number of hydrogen-bond acceptors (Lipinski definition) is 7. The summed E-state index contributed by atoms with van der Waals surface area (Å²) in [5.74, 6) is -1.08. The van der Waals surface area contributed by atoms with Crippen molar-refractivity contribution in [3.8, 4) is 0 Å². The van der Waals surface area contributed by atoms with Crippen molar-refractivity contribution in [3.63, 3.8) is 0 Å². The Morgan fingerprint density at radius 1 is 1.31 bits per heavy atom. The molecular formula is C28H35FO6S. The third kappa shape index (κ3) is 5.13. The summed E-state index contributed by atoms with van der Waals surface area (Å²) >= 11 is 1.23. The molecule has 1 aliphatic heterocycles. The van der Waals surface area contributed by atoms with Crippen molar-refractivity contribution >= 4 is 23.7 Å². The fraction of sp³-hybridized carbons (Fsp3) is 0.571. The fourth-order valence-corrected chi connectivity index (χ4v) is 7.20. The Labute approximate surface area is 215 Å². The molecule has 196 valence electrons. The van der Waals surface area contributed by atoms with Crippen LogP contribution in [-0.4, -0.2) is 53.3 Å². The highest BCUT2D eigenvalue weighted by Gasteiger charge is 2.57. The predicted molar refractivity (Wildman–Crippen MR) is 135 cm³/mol. The second-order valence-electron chi connectivity index (χ2n) is 10.7. The molecule has 3 fully saturated rings. The second-order valence-corrected chi connectivity index (χ2v) is 11.8. The molecule has 2 saturated carbocycles. The lowest BCUT2D eigenvalue weighted by Crippen LogP contribution is -2.57. The highest BCUT2D eigenvalue weighted by atomic mass is 32.2. The van der Waals surface area contributed by atoms with Gasteiger partial charge in [0, 0.05) is 10.3 Å². The lowest BCUT2D eigenvalue weighted by atomic mass is 9.46. The number of cyclic esters (lactones) is 1. The van der Waals surface area contributed by atoms with E-state index in [-0.39, 0.29) is 42.0 Å². The van der Waals surface area contributed by atoms with Gasteiger partial charge in [0.2, 0.25) is 0 Å². The third-order valence-electron chi connectivity index (χ3n) is 8.66. The zero-order valence-electron chi connectivity index (χ0n) is 20.9. The Kier molecular flexibility index (Phi) is 7.98. The van der Waals surface area contributed by atoms with Gasteiger partial charge in [-0.25, -0.2) is 9.18 Å². The molecule has 36 heavy (non-hydrogen) atoms. The summed E-state index contributed by atoms with van der Waals surface area (Å²) in [4.78, 5) is 25.7. The van der Waals surface area contributed by atoms with E-state index in [0.29, 0.717) is 18.4 Å². The van der Waals surface area contributed by atoms with Crippen molar-refractivity contribution in [2.45, 2.75) is 63.1 Å². The number of fused-ring (bicyclic) bond motifs is 1. The number of hydrogen-bond donors (Lipinski definition) is 2. The van der Waals surface area contributed by atoms with Gasteiger partial charge in [-0.05, 0) is 73.6 Å². The first-order chi connectivity index (χ1) is 17.1. The first-order valence-electron chi connectivity index (χ1n) is 12.5. The molecule has 3 aliphatic rings. The van der Waals surface area contributed by atoms with Crippen LogP contribution in [0.3, 0.4) is 0 Å². The number of aliphatic hydroxyl groups is 2. The molecule has 6 nitrogen and oxygen atoms in total. The van der Waals surface area contributed by atoms with Crippen molar-refractivity contribution < 1.29 is 33.7 Å². The Morgan fingerprint density at radius 2 is 2.03 bits per heavy atom. The number of rotatable bonds is 7. The van der Waals surface area contributed by atoms with Crippen LogP contribution in [0.1, 0.15) is 46.0 Å². The van der Waals surface area contributed by atoms with Gasteiger partial charge in [0.25, 0.3) is 0 Å². The number of carbonyl (C=O) groups is 2. The minimum Gasteiger partial charge on any atom is -0.458 e. The molecule has 1 aromatic rings. The van der Waals surface area contributed by atoms with Crippen LogP contribution in [0.2, 0.25) is 0 Å². The van der Waals surface area contributed by atoms with E-state index in [4.69, 9.17) is 9.47 Å². The Hall–Kier alpha value is -2.16. The Morgan fingerprint density at radius 3 is 2.72 bits per heavy atom. The average Bonchev–Trinajstić information content (AvgIpc) is 3.19. The van der Waals surface area contributed by atoms with Crippen molar-refractivity contribution in [1.29, 1.82) is 0 Å². The molecule has 1 heterocycles. The summed E-state index contributed by atoms with van der Waals surface area (Å²) in [6, 6.07) is 5.85. The largest absolute Gasteiger partial charge is 0.458 e. The lowest BCUT2D eigenvalue weighted by molar-refractivity contribution is -0.151. The van der Waals surface area contributed by atoms with Gasteiger partial charge in [-0.2, -0.15) is 0 Å². The average molecular weight is 519 g/mol. The van der Waals surface area contributed by atoms with E-state index in [2.05, 4.69) is 13.5 Å². The Balaban J connectivity index is 1.44. The highest BCUT2D eigenvalue weighted by Crippen LogP contribution is 2.61. The van der Waals surface area contributed by atoms with E-state index in [1.807, 2.05) is 13.0 Å². The number of halogens is 1. The quantitative estimate of drug-likeness (QED) is 0.239. The van der Waals surface area contributed by atoms with E-state index in [9.17, 15) is 24.2 Å². The van der Waals surface area contributed by atoms with E-state index in [0.717, 1.165) is 29.7 Å². The summed E-state index contributed by atoms with van der Waals surface area (Å²) in [5, 5.41) is 20.9. The molecule has 1 aromatic carbocycles. The number of thioether (sulfide) groups is 1. The SMILES string of the molecule is C=C1CC[C@@H]2[C@](C)(CO)[C@H](O)CC[C@@]2(C)[C@@H]1C/C=C1/C(=O)OC[C@H]1OC(=O)CSc1ccc(F)cc1. The Bertz CT molecular complexity index is 1040. The third-order valence-corrected chi connectivity index (χ3v) is 9.64. The van der Waals surface area contributed by atoms with Gasteiger partial charge >= 0.3 is 11.9 Å². The number of benzene rings is 1. The molecule has 4 rings (SSSR count). The number of carbonyl (C=O) groups excluding carboxylic acids is 2. The molecule has 0 radical (unpaired) electrons. The van der Waals surface area contributed by atoms with Crippen LogP contribution in [0.15, 0.2) is 53.0 Å². The van der Waals surface area contributed by atoms with Gasteiger partial charge in [-0.1, -0.05) is 32.1 Å². The standard InChI is InChI=1S/C28H35FO6S/c1-17-4-11-23-27(2,13-12-24(31)28(23,3)16-30)21(17)10-9-20-22(14-34-26(20)33)35-25(32)15-36-19-7-5-18(29)6-8-19/h5-9,21-24,30-31H,1,4,10-16H2,2-3H3/b20-9+/t21-,22-,23+,24-,27+,28+/m1/s1. The van der Waals surface area contributed by atoms with Crippen LogP contribution in [0.25, 0.3) is 0 Å². The second kappa shape index (κ2) is 10.7. The molecule has 2 aliphatic carbocycles. The summed E-state index contributed by atoms with van der Waals surface area (Å²) in [6.45, 7) is 8.42. The van der Waals surface area contributed by atoms with Gasteiger partial charge in [0.1, 0.15) is 12.4 Å². The number of aliphatic hydroxyl groups excluding tert-OH is 2. The summed E-state index contributed by atoms with van der Waals surface area (Å²) in [6.07, 6.45) is 4.15. The van der Waals surface area contributed by atoms with Crippen LogP contribution < -0.4 is 0 Å². The van der Waals surface area contributed by atoms with E-state index < -0.39 is 29.6 Å². The fourth-order valence-electron chi connectivity index (χ4n) is 6.51. The smallest absolute Gasteiger partial charge is 0.337 e.